The molecule has 0 aliphatic carbocycles. The topological polar surface area (TPSA) is 102 Å². The van der Waals surface area contributed by atoms with Gasteiger partial charge < -0.3 is 15.2 Å². The zero-order valence-corrected chi connectivity index (χ0v) is 18.3. The highest BCUT2D eigenvalue weighted by molar-refractivity contribution is 7.86. The molecule has 7 nitrogen and oxygen atoms in total. The van der Waals surface area contributed by atoms with E-state index >= 15 is 0 Å². The van der Waals surface area contributed by atoms with Crippen molar-refractivity contribution < 1.29 is 27.2 Å². The molecule has 8 heteroatoms. The second-order valence-electron chi connectivity index (χ2n) is 7.89. The Hall–Kier alpha value is -2.42. The summed E-state index contributed by atoms with van der Waals surface area (Å²) in [6.07, 6.45) is -1.32. The predicted molar refractivity (Wildman–Crippen MR) is 114 cm³/mol. The van der Waals surface area contributed by atoms with Gasteiger partial charge in [0, 0.05) is 6.42 Å². The zero-order valence-electron chi connectivity index (χ0n) is 17.4. The summed E-state index contributed by atoms with van der Waals surface area (Å²) in [6, 6.07) is 16.5. The van der Waals surface area contributed by atoms with Gasteiger partial charge in [0.25, 0.3) is 10.1 Å². The summed E-state index contributed by atoms with van der Waals surface area (Å²) < 4.78 is 34.8. The molecule has 2 aromatic carbocycles. The molecule has 2 aromatic rings. The molecule has 0 fully saturated rings. The predicted octanol–water partition coefficient (Wildman–Crippen LogP) is 3.28. The van der Waals surface area contributed by atoms with Gasteiger partial charge in [0.2, 0.25) is 0 Å². The van der Waals surface area contributed by atoms with Crippen LogP contribution >= 0.6 is 0 Å². The van der Waals surface area contributed by atoms with Crippen molar-refractivity contribution in [3.63, 3.8) is 0 Å². The molecule has 0 aliphatic heterocycles. The Morgan fingerprint density at radius 2 is 1.60 bits per heavy atom. The summed E-state index contributed by atoms with van der Waals surface area (Å²) in [5, 5.41) is 13.3. The molecule has 2 rings (SSSR count). The van der Waals surface area contributed by atoms with Crippen LogP contribution in [-0.4, -0.2) is 44.0 Å². The van der Waals surface area contributed by atoms with Crippen LogP contribution in [0.4, 0.5) is 4.79 Å². The minimum Gasteiger partial charge on any atom is -0.444 e. The van der Waals surface area contributed by atoms with Crippen molar-refractivity contribution in [2.24, 2.45) is 0 Å². The molecule has 2 atom stereocenters. The first-order valence-corrected chi connectivity index (χ1v) is 11.1. The number of carbonyl (C=O) groups excluding carboxylic acids is 1. The maximum absolute atomic E-state index is 12.2. The number of aliphatic hydroxyl groups is 1. The summed E-state index contributed by atoms with van der Waals surface area (Å²) >= 11 is 0. The van der Waals surface area contributed by atoms with Crippen LogP contribution in [0.3, 0.4) is 0 Å². The summed E-state index contributed by atoms with van der Waals surface area (Å²) in [4.78, 5) is 12.3. The SMILES string of the molecule is CC(C)(C)OC(=O)NC(Cc1ccccc1)C(O)CCOS(=O)(=O)c1ccccc1. The average Bonchev–Trinajstić information content (AvgIpc) is 2.67. The van der Waals surface area contributed by atoms with Gasteiger partial charge in [-0.25, -0.2) is 4.79 Å². The lowest BCUT2D eigenvalue weighted by atomic mass is 9.99. The molecule has 164 valence electrons. The van der Waals surface area contributed by atoms with Crippen molar-refractivity contribution in [3.05, 3.63) is 66.2 Å². The van der Waals surface area contributed by atoms with Crippen LogP contribution in [-0.2, 0) is 25.5 Å². The van der Waals surface area contributed by atoms with Crippen LogP contribution in [0.1, 0.15) is 32.8 Å². The highest BCUT2D eigenvalue weighted by atomic mass is 32.2. The number of nitrogens with one attached hydrogen (secondary N) is 1. The van der Waals surface area contributed by atoms with Crippen LogP contribution in [0, 0.1) is 0 Å². The van der Waals surface area contributed by atoms with Gasteiger partial charge in [-0.1, -0.05) is 48.5 Å². The minimum atomic E-state index is -3.91. The van der Waals surface area contributed by atoms with E-state index in [1.807, 2.05) is 30.3 Å². The van der Waals surface area contributed by atoms with E-state index in [2.05, 4.69) is 5.32 Å². The standard InChI is InChI=1S/C22H29NO6S/c1-22(2,3)29-21(25)23-19(16-17-10-6-4-7-11-17)20(24)14-15-28-30(26,27)18-12-8-5-9-13-18/h4-13,19-20,24H,14-16H2,1-3H3,(H,23,25). The molecule has 0 aromatic heterocycles. The average molecular weight is 436 g/mol. The lowest BCUT2D eigenvalue weighted by Crippen LogP contribution is -2.47. The van der Waals surface area contributed by atoms with Crippen molar-refractivity contribution in [2.75, 3.05) is 6.61 Å². The van der Waals surface area contributed by atoms with Gasteiger partial charge in [-0.15, -0.1) is 0 Å². The highest BCUT2D eigenvalue weighted by Gasteiger charge is 2.26. The van der Waals surface area contributed by atoms with Crippen molar-refractivity contribution in [1.82, 2.24) is 5.32 Å². The van der Waals surface area contributed by atoms with Gasteiger partial charge in [0.1, 0.15) is 5.60 Å². The third-order valence-corrected chi connectivity index (χ3v) is 5.48. The quantitative estimate of drug-likeness (QED) is 0.586. The molecule has 0 bridgehead atoms. The van der Waals surface area contributed by atoms with Crippen LogP contribution < -0.4 is 5.32 Å². The van der Waals surface area contributed by atoms with Crippen molar-refractivity contribution in [2.45, 2.75) is 56.3 Å². The van der Waals surface area contributed by atoms with Crippen molar-refractivity contribution >= 4 is 16.2 Å². The van der Waals surface area contributed by atoms with Gasteiger partial charge in [0.05, 0.1) is 23.6 Å². The number of ether oxygens (including phenoxy) is 1. The number of aliphatic hydroxyl groups excluding tert-OH is 1. The number of rotatable bonds is 9. The molecule has 0 aliphatic rings. The van der Waals surface area contributed by atoms with E-state index in [9.17, 15) is 18.3 Å². The monoisotopic (exact) mass is 435 g/mol. The Kier molecular flexibility index (Phi) is 8.40. The van der Waals surface area contributed by atoms with Crippen LogP contribution in [0.25, 0.3) is 0 Å². The van der Waals surface area contributed by atoms with Gasteiger partial charge in [0.15, 0.2) is 0 Å². The van der Waals surface area contributed by atoms with Crippen LogP contribution in [0.15, 0.2) is 65.6 Å². The Morgan fingerprint density at radius 1 is 1.03 bits per heavy atom. The molecular formula is C22H29NO6S. The molecular weight excluding hydrogens is 406 g/mol. The first kappa shape index (κ1) is 23.9. The first-order valence-electron chi connectivity index (χ1n) is 9.73. The number of benzene rings is 2. The first-order chi connectivity index (χ1) is 14.1. The van der Waals surface area contributed by atoms with E-state index in [-0.39, 0.29) is 17.9 Å². The summed E-state index contributed by atoms with van der Waals surface area (Å²) in [5.74, 6) is 0. The molecule has 2 N–H and O–H groups in total. The fourth-order valence-corrected chi connectivity index (χ4v) is 3.69. The molecule has 2 unspecified atom stereocenters. The van der Waals surface area contributed by atoms with E-state index in [0.29, 0.717) is 6.42 Å². The Bertz CT molecular complexity index is 894. The normalized spacial score (nSPS) is 14.0. The molecule has 0 saturated heterocycles. The van der Waals surface area contributed by atoms with E-state index in [0.717, 1.165) is 5.56 Å². The van der Waals surface area contributed by atoms with E-state index in [4.69, 9.17) is 8.92 Å². The van der Waals surface area contributed by atoms with Gasteiger partial charge in [-0.3, -0.25) is 4.18 Å². The second-order valence-corrected chi connectivity index (χ2v) is 9.50. The second kappa shape index (κ2) is 10.6. The molecule has 1 amide bonds. The number of carbonyl (C=O) groups is 1. The maximum Gasteiger partial charge on any atom is 0.407 e. The van der Waals surface area contributed by atoms with Crippen molar-refractivity contribution in [1.29, 1.82) is 0 Å². The zero-order chi connectivity index (χ0) is 22.2. The fraction of sp³-hybridized carbons (Fsp3) is 0.409. The van der Waals surface area contributed by atoms with Gasteiger partial charge in [-0.05, 0) is 44.9 Å². The number of amides is 1. The smallest absolute Gasteiger partial charge is 0.407 e. The third-order valence-electron chi connectivity index (χ3n) is 4.15. The molecule has 0 saturated carbocycles. The number of hydrogen-bond acceptors (Lipinski definition) is 6. The summed E-state index contributed by atoms with van der Waals surface area (Å²) in [7, 11) is -3.91. The molecule has 0 spiro atoms. The van der Waals surface area contributed by atoms with E-state index in [1.165, 1.54) is 12.1 Å². The largest absolute Gasteiger partial charge is 0.444 e. The van der Waals surface area contributed by atoms with Crippen LogP contribution in [0.2, 0.25) is 0 Å². The Morgan fingerprint density at radius 3 is 2.17 bits per heavy atom. The minimum absolute atomic E-state index is 0.0133. The molecule has 0 radical (unpaired) electrons. The lowest BCUT2D eigenvalue weighted by Gasteiger charge is -2.27. The summed E-state index contributed by atoms with van der Waals surface area (Å²) in [5.41, 5.74) is 0.231. The molecule has 0 heterocycles. The van der Waals surface area contributed by atoms with E-state index in [1.54, 1.807) is 39.0 Å². The maximum atomic E-state index is 12.2. The summed E-state index contributed by atoms with van der Waals surface area (Å²) in [6.45, 7) is 5.02. The van der Waals surface area contributed by atoms with Crippen LogP contribution in [0.5, 0.6) is 0 Å². The van der Waals surface area contributed by atoms with E-state index < -0.39 is 34.0 Å². The Balaban J connectivity index is 2.00. The van der Waals surface area contributed by atoms with Crippen molar-refractivity contribution in [3.8, 4) is 0 Å². The fourth-order valence-electron chi connectivity index (χ4n) is 2.75. The van der Waals surface area contributed by atoms with Gasteiger partial charge >= 0.3 is 6.09 Å². The molecule has 30 heavy (non-hydrogen) atoms. The number of alkyl carbamates (subject to hydrolysis) is 1. The lowest BCUT2D eigenvalue weighted by molar-refractivity contribution is 0.0396. The Labute approximate surface area is 178 Å². The number of hydrogen-bond donors (Lipinski definition) is 2. The highest BCUT2D eigenvalue weighted by Crippen LogP contribution is 2.15. The third kappa shape index (κ3) is 8.14. The van der Waals surface area contributed by atoms with Gasteiger partial charge in [-0.2, -0.15) is 8.42 Å².